The van der Waals surface area contributed by atoms with E-state index in [1.807, 2.05) is 62.0 Å². The maximum Gasteiger partial charge on any atom is 0.242 e. The fourth-order valence-electron chi connectivity index (χ4n) is 2.92. The number of hydrogen-bond acceptors (Lipinski definition) is 4. The number of allylic oxidation sites excluding steroid dienone is 1. The predicted octanol–water partition coefficient (Wildman–Crippen LogP) is 5.93. The van der Waals surface area contributed by atoms with Crippen molar-refractivity contribution in [1.29, 1.82) is 0 Å². The number of carbonyl (C=O) groups is 2. The highest BCUT2D eigenvalue weighted by atomic mass is 32.2. The summed E-state index contributed by atoms with van der Waals surface area (Å²) >= 11 is 2.03. The van der Waals surface area contributed by atoms with E-state index < -0.39 is 0 Å². The summed E-state index contributed by atoms with van der Waals surface area (Å²) < 4.78 is 0.509. The van der Waals surface area contributed by atoms with Gasteiger partial charge in [0.15, 0.2) is 0 Å². The van der Waals surface area contributed by atoms with Gasteiger partial charge in [0.1, 0.15) is 0 Å². The zero-order valence-electron chi connectivity index (χ0n) is 23.6. The third-order valence-corrected chi connectivity index (χ3v) is 5.84. The van der Waals surface area contributed by atoms with Gasteiger partial charge in [0.2, 0.25) is 12.3 Å². The molecule has 0 aromatic heterocycles. The molecule has 1 aromatic rings. The molecule has 5 nitrogen and oxygen atoms in total. The molecule has 1 aliphatic rings. The molecule has 34 heavy (non-hydrogen) atoms. The van der Waals surface area contributed by atoms with E-state index in [1.54, 1.807) is 11.9 Å². The molecule has 0 bridgehead atoms. The summed E-state index contributed by atoms with van der Waals surface area (Å²) in [4.78, 5) is 25.9. The van der Waals surface area contributed by atoms with Crippen molar-refractivity contribution in [1.82, 2.24) is 15.1 Å². The minimum absolute atomic E-state index is 0.0554. The summed E-state index contributed by atoms with van der Waals surface area (Å²) in [6, 6.07) is 12.1. The molecule has 2 rings (SSSR count). The van der Waals surface area contributed by atoms with Crippen LogP contribution in [0.2, 0.25) is 0 Å². The van der Waals surface area contributed by atoms with E-state index >= 15 is 0 Å². The second-order valence-electron chi connectivity index (χ2n) is 10.4. The van der Waals surface area contributed by atoms with Crippen molar-refractivity contribution in [3.63, 3.8) is 0 Å². The van der Waals surface area contributed by atoms with Crippen LogP contribution in [0, 0.1) is 11.8 Å². The predicted molar refractivity (Wildman–Crippen MR) is 151 cm³/mol. The molecule has 0 spiro atoms. The number of amides is 2. The van der Waals surface area contributed by atoms with Crippen molar-refractivity contribution < 1.29 is 9.59 Å². The Hall–Kier alpha value is -1.79. The standard InChI is InChI=1S/C12H22N2O2.C6H13NS.C6H6.C4H10/c1-9(2)6-11(10(3)4)14(5)12(16)7-13-8-15;1-6(2)4-7(3)5-8-6;1-2-4-6-5-3-1;1-4(2)3/h6,8,10-11H,7H2,1-5H3,(H,13,15);4-5H2,1-3H3;1-6H;4H,1-3H3/t11-;;;/m1.../s1. The normalized spacial score (nSPS) is 14.9. The third-order valence-electron chi connectivity index (χ3n) is 4.36. The average molecular weight is 494 g/mol. The van der Waals surface area contributed by atoms with Crippen molar-refractivity contribution >= 4 is 24.1 Å². The highest BCUT2D eigenvalue weighted by Crippen LogP contribution is 2.31. The first kappa shape index (κ1) is 34.4. The Labute approximate surface area is 214 Å². The van der Waals surface area contributed by atoms with Crippen molar-refractivity contribution in [3.8, 4) is 0 Å². The van der Waals surface area contributed by atoms with E-state index in [1.165, 1.54) is 18.0 Å². The first-order chi connectivity index (χ1) is 15.7. The minimum atomic E-state index is -0.0803. The highest BCUT2D eigenvalue weighted by molar-refractivity contribution is 8.00. The summed E-state index contributed by atoms with van der Waals surface area (Å²) in [5.41, 5.74) is 1.18. The van der Waals surface area contributed by atoms with Crippen LogP contribution in [-0.4, -0.2) is 66.0 Å². The number of carbonyl (C=O) groups excluding carboxylic acids is 2. The van der Waals surface area contributed by atoms with Gasteiger partial charge in [-0.2, -0.15) is 0 Å². The number of thioether (sulfide) groups is 1. The third kappa shape index (κ3) is 20.8. The Bertz CT molecular complexity index is 642. The van der Waals surface area contributed by atoms with Crippen molar-refractivity contribution in [2.75, 3.05) is 33.1 Å². The van der Waals surface area contributed by atoms with Crippen LogP contribution in [0.25, 0.3) is 0 Å². The van der Waals surface area contributed by atoms with Crippen LogP contribution in [-0.2, 0) is 9.59 Å². The molecule has 0 unspecified atom stereocenters. The highest BCUT2D eigenvalue weighted by Gasteiger charge is 2.27. The SMILES string of the molecule is CC(C)=C[C@H](C(C)C)N(C)C(=O)CNC=O.CC(C)C.CN1CSC(C)(C)C1.c1ccccc1. The van der Waals surface area contributed by atoms with E-state index in [9.17, 15) is 9.59 Å². The zero-order valence-corrected chi connectivity index (χ0v) is 24.4. The minimum Gasteiger partial charge on any atom is -0.350 e. The van der Waals surface area contributed by atoms with Gasteiger partial charge in [0.05, 0.1) is 12.6 Å². The largest absolute Gasteiger partial charge is 0.350 e. The van der Waals surface area contributed by atoms with Gasteiger partial charge in [0.25, 0.3) is 0 Å². The lowest BCUT2D eigenvalue weighted by atomic mass is 10.0. The van der Waals surface area contributed by atoms with Crippen LogP contribution in [0.1, 0.15) is 62.3 Å². The second-order valence-corrected chi connectivity index (χ2v) is 12.1. The van der Waals surface area contributed by atoms with E-state index in [4.69, 9.17) is 0 Å². The summed E-state index contributed by atoms with van der Waals surface area (Å²) in [6.45, 7) is 20.5. The van der Waals surface area contributed by atoms with Gasteiger partial charge in [0, 0.05) is 24.2 Å². The Morgan fingerprint density at radius 1 is 1.06 bits per heavy atom. The van der Waals surface area contributed by atoms with Crippen LogP contribution in [0.15, 0.2) is 48.0 Å². The molecule has 1 heterocycles. The topological polar surface area (TPSA) is 52.7 Å². The fraction of sp³-hybridized carbons (Fsp3) is 0.643. The summed E-state index contributed by atoms with van der Waals surface area (Å²) in [7, 11) is 3.93. The monoisotopic (exact) mass is 493 g/mol. The summed E-state index contributed by atoms with van der Waals surface area (Å²) in [5, 5.41) is 2.38. The van der Waals surface area contributed by atoms with Gasteiger partial charge in [-0.3, -0.25) is 14.5 Å². The molecule has 6 heteroatoms. The lowest BCUT2D eigenvalue weighted by Gasteiger charge is -2.29. The maximum absolute atomic E-state index is 11.7. The van der Waals surface area contributed by atoms with Gasteiger partial charge in [-0.15, -0.1) is 11.8 Å². The van der Waals surface area contributed by atoms with Gasteiger partial charge < -0.3 is 10.2 Å². The van der Waals surface area contributed by atoms with Crippen LogP contribution >= 0.6 is 11.8 Å². The molecule has 0 aliphatic carbocycles. The second kappa shape index (κ2) is 19.5. The van der Waals surface area contributed by atoms with Crippen LogP contribution in [0.3, 0.4) is 0 Å². The molecular weight excluding hydrogens is 442 g/mol. The average Bonchev–Trinajstić information content (AvgIpc) is 3.07. The molecular formula is C28H51N3O2S. The maximum atomic E-state index is 11.7. The number of rotatable bonds is 6. The lowest BCUT2D eigenvalue weighted by molar-refractivity contribution is -0.131. The van der Waals surface area contributed by atoms with Crippen LogP contribution in [0.5, 0.6) is 0 Å². The van der Waals surface area contributed by atoms with Gasteiger partial charge in [-0.05, 0) is 46.6 Å². The molecule has 0 saturated carbocycles. The van der Waals surface area contributed by atoms with Crippen LogP contribution < -0.4 is 5.32 Å². The van der Waals surface area contributed by atoms with Gasteiger partial charge >= 0.3 is 0 Å². The zero-order chi connectivity index (χ0) is 26.7. The van der Waals surface area contributed by atoms with E-state index in [-0.39, 0.29) is 18.5 Å². The number of nitrogens with one attached hydrogen (secondary N) is 1. The number of benzene rings is 1. The molecule has 196 valence electrons. The Morgan fingerprint density at radius 3 is 1.74 bits per heavy atom. The lowest BCUT2D eigenvalue weighted by Crippen LogP contribution is -2.43. The van der Waals surface area contributed by atoms with E-state index in [0.717, 1.165) is 5.92 Å². The molecule has 1 aromatic carbocycles. The van der Waals surface area contributed by atoms with Gasteiger partial charge in [-0.1, -0.05) is 82.7 Å². The number of likely N-dealkylation sites (N-methyl/N-ethyl adjacent to an activating group) is 1. The molecule has 1 fully saturated rings. The first-order valence-electron chi connectivity index (χ1n) is 12.1. The molecule has 0 radical (unpaired) electrons. The number of nitrogens with zero attached hydrogens (tertiary/aromatic N) is 2. The Kier molecular flexibility index (Phi) is 19.7. The molecule has 1 aliphatic heterocycles. The Balaban J connectivity index is 0. The smallest absolute Gasteiger partial charge is 0.242 e. The summed E-state index contributed by atoms with van der Waals surface area (Å²) in [6.07, 6.45) is 2.61. The van der Waals surface area contributed by atoms with Crippen molar-refractivity contribution in [2.45, 2.75) is 73.1 Å². The number of hydrogen-bond donors (Lipinski definition) is 1. The molecule has 2 amide bonds. The van der Waals surface area contributed by atoms with Crippen LogP contribution in [0.4, 0.5) is 0 Å². The van der Waals surface area contributed by atoms with E-state index in [0.29, 0.717) is 17.1 Å². The fourth-order valence-corrected chi connectivity index (χ4v) is 3.90. The summed E-state index contributed by atoms with van der Waals surface area (Å²) in [5.74, 6) is 2.30. The first-order valence-corrected chi connectivity index (χ1v) is 13.1. The van der Waals surface area contributed by atoms with Gasteiger partial charge in [-0.25, -0.2) is 0 Å². The van der Waals surface area contributed by atoms with Crippen molar-refractivity contribution in [2.24, 2.45) is 11.8 Å². The van der Waals surface area contributed by atoms with E-state index in [2.05, 4.69) is 71.8 Å². The molecule has 1 saturated heterocycles. The Morgan fingerprint density at radius 2 is 1.50 bits per heavy atom. The quantitative estimate of drug-likeness (QED) is 0.394. The molecule has 1 N–H and O–H groups in total. The molecule has 1 atom stereocenters. The van der Waals surface area contributed by atoms with Crippen molar-refractivity contribution in [3.05, 3.63) is 48.0 Å².